The molecule has 1 atom stereocenters. The van der Waals surface area contributed by atoms with Crippen molar-refractivity contribution in [2.24, 2.45) is 0 Å². The summed E-state index contributed by atoms with van der Waals surface area (Å²) in [6.07, 6.45) is 6.37. The zero-order chi connectivity index (χ0) is 15.1. The van der Waals surface area contributed by atoms with Gasteiger partial charge in [-0.2, -0.15) is 0 Å². The van der Waals surface area contributed by atoms with Gasteiger partial charge in [-0.05, 0) is 43.2 Å². The standard InChI is InChI=1S/C15H19N3O3/c19-15(17-13-3-1-2-10-16-11-13)9-6-12-4-7-14(8-5-12)18(20)21/h4-9,13,16H,1-3,10-11H2,(H,17,19). The molecule has 112 valence electrons. The van der Waals surface area contributed by atoms with Crippen LogP contribution in [-0.2, 0) is 4.79 Å². The Morgan fingerprint density at radius 1 is 1.33 bits per heavy atom. The van der Waals surface area contributed by atoms with E-state index in [9.17, 15) is 14.9 Å². The van der Waals surface area contributed by atoms with E-state index in [2.05, 4.69) is 10.6 Å². The smallest absolute Gasteiger partial charge is 0.269 e. The first-order valence-corrected chi connectivity index (χ1v) is 7.09. The molecule has 1 amide bonds. The third-order valence-electron chi connectivity index (χ3n) is 3.42. The van der Waals surface area contributed by atoms with Crippen LogP contribution in [0.25, 0.3) is 6.08 Å². The van der Waals surface area contributed by atoms with Crippen molar-refractivity contribution in [2.75, 3.05) is 13.1 Å². The van der Waals surface area contributed by atoms with Crippen LogP contribution in [0.3, 0.4) is 0 Å². The molecule has 1 aliphatic heterocycles. The summed E-state index contributed by atoms with van der Waals surface area (Å²) in [6, 6.07) is 6.26. The van der Waals surface area contributed by atoms with Crippen LogP contribution in [-0.4, -0.2) is 30.0 Å². The van der Waals surface area contributed by atoms with E-state index in [0.29, 0.717) is 0 Å². The minimum atomic E-state index is -0.445. The molecule has 6 heteroatoms. The number of nitrogens with zero attached hydrogens (tertiary/aromatic N) is 1. The summed E-state index contributed by atoms with van der Waals surface area (Å²) >= 11 is 0. The Kier molecular flexibility index (Phi) is 5.45. The zero-order valence-corrected chi connectivity index (χ0v) is 11.7. The summed E-state index contributed by atoms with van der Waals surface area (Å²) in [5, 5.41) is 16.8. The molecule has 2 rings (SSSR count). The van der Waals surface area contributed by atoms with Crippen LogP contribution in [0.5, 0.6) is 0 Å². The lowest BCUT2D eigenvalue weighted by Crippen LogP contribution is -2.40. The SMILES string of the molecule is O=C(C=Cc1ccc([N+](=O)[O-])cc1)NC1CCCCNC1. The molecule has 0 saturated carbocycles. The maximum Gasteiger partial charge on any atom is 0.269 e. The molecule has 2 N–H and O–H groups in total. The molecular weight excluding hydrogens is 270 g/mol. The monoisotopic (exact) mass is 289 g/mol. The lowest BCUT2D eigenvalue weighted by molar-refractivity contribution is -0.384. The molecular formula is C15H19N3O3. The number of rotatable bonds is 4. The Morgan fingerprint density at radius 3 is 2.81 bits per heavy atom. The van der Waals surface area contributed by atoms with Crippen LogP contribution in [0, 0.1) is 10.1 Å². The summed E-state index contributed by atoms with van der Waals surface area (Å²) in [6.45, 7) is 1.81. The van der Waals surface area contributed by atoms with Gasteiger partial charge in [-0.25, -0.2) is 0 Å². The fourth-order valence-corrected chi connectivity index (χ4v) is 2.27. The van der Waals surface area contributed by atoms with Crippen molar-refractivity contribution in [3.05, 3.63) is 46.0 Å². The van der Waals surface area contributed by atoms with Crippen LogP contribution >= 0.6 is 0 Å². The van der Waals surface area contributed by atoms with Crippen molar-refractivity contribution in [2.45, 2.75) is 25.3 Å². The molecule has 1 fully saturated rings. The number of amides is 1. The molecule has 1 saturated heterocycles. The Labute approximate surface area is 123 Å². The van der Waals surface area contributed by atoms with Crippen LogP contribution in [0.4, 0.5) is 5.69 Å². The van der Waals surface area contributed by atoms with Crippen molar-refractivity contribution >= 4 is 17.7 Å². The molecule has 6 nitrogen and oxygen atoms in total. The van der Waals surface area contributed by atoms with Crippen molar-refractivity contribution in [3.8, 4) is 0 Å². The second kappa shape index (κ2) is 7.54. The average Bonchev–Trinajstić information content (AvgIpc) is 2.74. The molecule has 1 unspecified atom stereocenters. The lowest BCUT2D eigenvalue weighted by Gasteiger charge is -2.14. The van der Waals surface area contributed by atoms with Gasteiger partial charge in [0, 0.05) is 30.8 Å². The van der Waals surface area contributed by atoms with E-state index in [1.807, 2.05) is 0 Å². The van der Waals surface area contributed by atoms with Gasteiger partial charge in [0.1, 0.15) is 0 Å². The quantitative estimate of drug-likeness (QED) is 0.503. The summed E-state index contributed by atoms with van der Waals surface area (Å²) in [7, 11) is 0. The predicted octanol–water partition coefficient (Wildman–Crippen LogP) is 1.87. The normalized spacial score (nSPS) is 19.1. The second-order valence-electron chi connectivity index (χ2n) is 5.09. The van der Waals surface area contributed by atoms with Gasteiger partial charge in [0.2, 0.25) is 5.91 Å². The van der Waals surface area contributed by atoms with Gasteiger partial charge in [-0.3, -0.25) is 14.9 Å². The topological polar surface area (TPSA) is 84.3 Å². The third kappa shape index (κ3) is 5.00. The number of carbonyl (C=O) groups is 1. The van der Waals surface area contributed by atoms with E-state index < -0.39 is 4.92 Å². The highest BCUT2D eigenvalue weighted by Gasteiger charge is 2.12. The fourth-order valence-electron chi connectivity index (χ4n) is 2.27. The predicted molar refractivity (Wildman–Crippen MR) is 80.8 cm³/mol. The molecule has 1 aromatic carbocycles. The highest BCUT2D eigenvalue weighted by molar-refractivity contribution is 5.91. The average molecular weight is 289 g/mol. The minimum Gasteiger partial charge on any atom is -0.349 e. The second-order valence-corrected chi connectivity index (χ2v) is 5.09. The maximum absolute atomic E-state index is 11.8. The van der Waals surface area contributed by atoms with E-state index in [1.54, 1.807) is 18.2 Å². The molecule has 0 aliphatic carbocycles. The first kappa shape index (κ1) is 15.2. The zero-order valence-electron chi connectivity index (χ0n) is 11.7. The van der Waals surface area contributed by atoms with Gasteiger partial charge in [0.25, 0.3) is 5.69 Å². The minimum absolute atomic E-state index is 0.0427. The fraction of sp³-hybridized carbons (Fsp3) is 0.400. The van der Waals surface area contributed by atoms with Gasteiger partial charge in [0.05, 0.1) is 4.92 Å². The van der Waals surface area contributed by atoms with E-state index in [4.69, 9.17) is 0 Å². The molecule has 1 aliphatic rings. The van der Waals surface area contributed by atoms with E-state index >= 15 is 0 Å². The number of hydrogen-bond acceptors (Lipinski definition) is 4. The van der Waals surface area contributed by atoms with Crippen molar-refractivity contribution in [1.29, 1.82) is 0 Å². The summed E-state index contributed by atoms with van der Waals surface area (Å²) < 4.78 is 0. The lowest BCUT2D eigenvalue weighted by atomic mass is 10.1. The number of benzene rings is 1. The summed E-state index contributed by atoms with van der Waals surface area (Å²) in [5.74, 6) is -0.137. The number of nitro groups is 1. The Balaban J connectivity index is 1.87. The first-order chi connectivity index (χ1) is 10.1. The van der Waals surface area contributed by atoms with Crippen LogP contribution in [0.2, 0.25) is 0 Å². The molecule has 1 aromatic rings. The van der Waals surface area contributed by atoms with E-state index in [-0.39, 0.29) is 17.6 Å². The molecule has 0 bridgehead atoms. The van der Waals surface area contributed by atoms with Gasteiger partial charge < -0.3 is 10.6 Å². The molecule has 0 radical (unpaired) electrons. The number of hydrogen-bond donors (Lipinski definition) is 2. The molecule has 1 heterocycles. The van der Waals surface area contributed by atoms with Gasteiger partial charge in [-0.1, -0.05) is 6.42 Å². The maximum atomic E-state index is 11.8. The van der Waals surface area contributed by atoms with Crippen molar-refractivity contribution in [1.82, 2.24) is 10.6 Å². The van der Waals surface area contributed by atoms with Gasteiger partial charge in [0.15, 0.2) is 0 Å². The Bertz CT molecular complexity index is 517. The highest BCUT2D eigenvalue weighted by atomic mass is 16.6. The first-order valence-electron chi connectivity index (χ1n) is 7.09. The van der Waals surface area contributed by atoms with Crippen LogP contribution < -0.4 is 10.6 Å². The van der Waals surface area contributed by atoms with E-state index in [1.165, 1.54) is 18.2 Å². The Morgan fingerprint density at radius 2 is 2.10 bits per heavy atom. The molecule has 0 spiro atoms. The number of nitro benzene ring substituents is 1. The summed E-state index contributed by atoms with van der Waals surface area (Å²) in [4.78, 5) is 21.9. The van der Waals surface area contributed by atoms with Gasteiger partial charge in [-0.15, -0.1) is 0 Å². The Hall–Kier alpha value is -2.21. The highest BCUT2D eigenvalue weighted by Crippen LogP contribution is 2.12. The van der Waals surface area contributed by atoms with E-state index in [0.717, 1.165) is 37.9 Å². The van der Waals surface area contributed by atoms with Crippen LogP contribution in [0.1, 0.15) is 24.8 Å². The molecule has 0 aromatic heterocycles. The third-order valence-corrected chi connectivity index (χ3v) is 3.42. The van der Waals surface area contributed by atoms with Crippen LogP contribution in [0.15, 0.2) is 30.3 Å². The number of nitrogens with one attached hydrogen (secondary N) is 2. The molecule has 21 heavy (non-hydrogen) atoms. The summed E-state index contributed by atoms with van der Waals surface area (Å²) in [5.41, 5.74) is 0.802. The van der Waals surface area contributed by atoms with Gasteiger partial charge >= 0.3 is 0 Å². The van der Waals surface area contributed by atoms with Crippen molar-refractivity contribution in [3.63, 3.8) is 0 Å². The number of non-ortho nitro benzene ring substituents is 1. The van der Waals surface area contributed by atoms with Crippen molar-refractivity contribution < 1.29 is 9.72 Å². The largest absolute Gasteiger partial charge is 0.349 e. The number of carbonyl (C=O) groups excluding carboxylic acids is 1.